The lowest BCUT2D eigenvalue weighted by molar-refractivity contribution is 0.0257. The largest absolute Gasteiger partial charge is 0.477 e. The molecule has 0 saturated carbocycles. The highest BCUT2D eigenvalue weighted by Gasteiger charge is 2.40. The maximum absolute atomic E-state index is 14.6. The number of aromatic amines is 1. The molecule has 1 fully saturated rings. The number of benzene rings is 1. The number of alkyl halides is 2. The number of fused-ring (bicyclic) bond motifs is 4. The number of halogens is 3. The van der Waals surface area contributed by atoms with Gasteiger partial charge in [0.15, 0.2) is 0 Å². The van der Waals surface area contributed by atoms with Crippen molar-refractivity contribution >= 4 is 44.9 Å². The van der Waals surface area contributed by atoms with E-state index in [9.17, 15) is 27.9 Å². The molecular weight excluding hydrogens is 489 g/mol. The van der Waals surface area contributed by atoms with Gasteiger partial charge in [0.25, 0.3) is 11.5 Å². The summed E-state index contributed by atoms with van der Waals surface area (Å²) in [5.74, 6) is -4.84. The van der Waals surface area contributed by atoms with E-state index in [1.807, 2.05) is 0 Å². The van der Waals surface area contributed by atoms with Crippen molar-refractivity contribution < 1.29 is 23.1 Å². The number of rotatable bonds is 4. The van der Waals surface area contributed by atoms with Crippen LogP contribution < -0.4 is 15.8 Å². The van der Waals surface area contributed by atoms with Crippen LogP contribution in [-0.4, -0.2) is 56.5 Å². The summed E-state index contributed by atoms with van der Waals surface area (Å²) in [5.41, 5.74) is 1.64. The number of anilines is 2. The standard InChI is InChI=1S/C25H19F3N6O3/c1-29-17-7-13(26)6-14-19-21(33-5-4-25(27,28)11-33)15(8-31-22(19)32-20(14)17)12-2-3-18-30-9-16(24(36)37)23(35)34(18)10-12/h2-3,6-10,29H,4-5,11H2,1H3,(H,31,32)(H,36,37). The van der Waals surface area contributed by atoms with E-state index in [0.717, 1.165) is 10.6 Å². The van der Waals surface area contributed by atoms with Crippen LogP contribution in [0.1, 0.15) is 16.8 Å². The first-order valence-corrected chi connectivity index (χ1v) is 11.4. The maximum atomic E-state index is 14.6. The van der Waals surface area contributed by atoms with Gasteiger partial charge < -0.3 is 20.3 Å². The quantitative estimate of drug-likeness (QED) is 0.335. The molecule has 37 heavy (non-hydrogen) atoms. The highest BCUT2D eigenvalue weighted by Crippen LogP contribution is 2.44. The number of nitrogens with one attached hydrogen (secondary N) is 2. The first-order chi connectivity index (χ1) is 17.7. The molecule has 12 heteroatoms. The average Bonchev–Trinajstić information content (AvgIpc) is 3.42. The normalized spacial score (nSPS) is 15.2. The highest BCUT2D eigenvalue weighted by atomic mass is 19.3. The van der Waals surface area contributed by atoms with Crippen LogP contribution in [0.25, 0.3) is 38.7 Å². The molecule has 0 bridgehead atoms. The molecule has 4 aromatic heterocycles. The molecule has 3 N–H and O–H groups in total. The number of aromatic nitrogens is 4. The molecule has 5 heterocycles. The minimum absolute atomic E-state index is 0.0538. The summed E-state index contributed by atoms with van der Waals surface area (Å²) in [5, 5.41) is 13.2. The fraction of sp³-hybridized carbons (Fsp3) is 0.200. The fourth-order valence-corrected chi connectivity index (χ4v) is 4.95. The summed E-state index contributed by atoms with van der Waals surface area (Å²) in [6.45, 7) is -0.490. The Labute approximate surface area is 206 Å². The van der Waals surface area contributed by atoms with Gasteiger partial charge in [-0.25, -0.2) is 27.9 Å². The zero-order valence-corrected chi connectivity index (χ0v) is 19.3. The predicted octanol–water partition coefficient (Wildman–Crippen LogP) is 4.12. The van der Waals surface area contributed by atoms with E-state index in [1.165, 1.54) is 35.5 Å². The number of pyridine rings is 2. The van der Waals surface area contributed by atoms with Crippen molar-refractivity contribution in [2.75, 3.05) is 30.4 Å². The molecule has 1 saturated heterocycles. The second-order valence-electron chi connectivity index (χ2n) is 8.95. The van der Waals surface area contributed by atoms with Crippen LogP contribution in [-0.2, 0) is 0 Å². The van der Waals surface area contributed by atoms with Gasteiger partial charge in [0.2, 0.25) is 0 Å². The maximum Gasteiger partial charge on any atom is 0.342 e. The zero-order chi connectivity index (χ0) is 26.1. The van der Waals surface area contributed by atoms with Crippen LogP contribution >= 0.6 is 0 Å². The third-order valence-corrected chi connectivity index (χ3v) is 6.67. The van der Waals surface area contributed by atoms with Crippen LogP contribution in [0, 0.1) is 5.82 Å². The molecule has 0 radical (unpaired) electrons. The molecule has 1 aliphatic rings. The lowest BCUT2D eigenvalue weighted by Gasteiger charge is -2.23. The van der Waals surface area contributed by atoms with E-state index in [2.05, 4.69) is 20.3 Å². The number of hydrogen-bond donors (Lipinski definition) is 3. The van der Waals surface area contributed by atoms with E-state index in [-0.39, 0.29) is 18.6 Å². The summed E-state index contributed by atoms with van der Waals surface area (Å²) in [6.07, 6.45) is 3.55. The Kier molecular flexibility index (Phi) is 4.90. The predicted molar refractivity (Wildman–Crippen MR) is 132 cm³/mol. The number of carboxylic acids is 1. The van der Waals surface area contributed by atoms with Crippen LogP contribution in [0.2, 0.25) is 0 Å². The number of hydrogen-bond acceptors (Lipinski definition) is 6. The monoisotopic (exact) mass is 508 g/mol. The first-order valence-electron chi connectivity index (χ1n) is 11.4. The van der Waals surface area contributed by atoms with Gasteiger partial charge in [-0.3, -0.25) is 9.20 Å². The summed E-state index contributed by atoms with van der Waals surface area (Å²) >= 11 is 0. The second-order valence-corrected chi connectivity index (χ2v) is 8.95. The lowest BCUT2D eigenvalue weighted by Crippen LogP contribution is -2.25. The molecule has 0 atom stereocenters. The SMILES string of the molecule is CNc1cc(F)cc2c1[nH]c1ncc(-c3ccc4ncc(C(=O)O)c(=O)n4c3)c(N3CCC(F)(F)C3)c12. The lowest BCUT2D eigenvalue weighted by atomic mass is 10.0. The van der Waals surface area contributed by atoms with E-state index in [1.54, 1.807) is 13.1 Å². The Morgan fingerprint density at radius 3 is 2.73 bits per heavy atom. The van der Waals surface area contributed by atoms with E-state index >= 15 is 0 Å². The van der Waals surface area contributed by atoms with Crippen molar-refractivity contribution in [1.29, 1.82) is 0 Å². The van der Waals surface area contributed by atoms with Gasteiger partial charge in [-0.2, -0.15) is 0 Å². The van der Waals surface area contributed by atoms with Gasteiger partial charge in [0, 0.05) is 55.1 Å². The molecule has 1 aliphatic heterocycles. The minimum Gasteiger partial charge on any atom is -0.477 e. The minimum atomic E-state index is -2.92. The van der Waals surface area contributed by atoms with Gasteiger partial charge in [0.05, 0.1) is 28.8 Å². The van der Waals surface area contributed by atoms with E-state index in [4.69, 9.17) is 0 Å². The summed E-state index contributed by atoms with van der Waals surface area (Å²) < 4.78 is 44.4. The summed E-state index contributed by atoms with van der Waals surface area (Å²) in [7, 11) is 1.65. The Morgan fingerprint density at radius 2 is 2.03 bits per heavy atom. The molecule has 0 aliphatic carbocycles. The van der Waals surface area contributed by atoms with Crippen LogP contribution in [0.4, 0.5) is 24.5 Å². The van der Waals surface area contributed by atoms with Crippen LogP contribution in [0.5, 0.6) is 0 Å². The van der Waals surface area contributed by atoms with E-state index < -0.39 is 35.4 Å². The van der Waals surface area contributed by atoms with Crippen molar-refractivity contribution in [3.8, 4) is 11.1 Å². The summed E-state index contributed by atoms with van der Waals surface area (Å²) in [4.78, 5) is 37.5. The Morgan fingerprint density at radius 1 is 1.22 bits per heavy atom. The molecule has 0 spiro atoms. The highest BCUT2D eigenvalue weighted by molar-refractivity contribution is 6.17. The Bertz CT molecular complexity index is 1810. The average molecular weight is 508 g/mol. The number of nitrogens with zero attached hydrogens (tertiary/aromatic N) is 4. The van der Waals surface area contributed by atoms with E-state index in [0.29, 0.717) is 44.4 Å². The molecule has 0 amide bonds. The zero-order valence-electron chi connectivity index (χ0n) is 19.3. The molecule has 1 aromatic carbocycles. The van der Waals surface area contributed by atoms with Crippen molar-refractivity contribution in [1.82, 2.24) is 19.4 Å². The fourth-order valence-electron chi connectivity index (χ4n) is 4.95. The van der Waals surface area contributed by atoms with Gasteiger partial charge >= 0.3 is 5.97 Å². The molecule has 188 valence electrons. The van der Waals surface area contributed by atoms with Crippen LogP contribution in [0.3, 0.4) is 0 Å². The van der Waals surface area contributed by atoms with Gasteiger partial charge in [-0.1, -0.05) is 0 Å². The first kappa shape index (κ1) is 22.8. The third kappa shape index (κ3) is 3.55. The molecule has 9 nitrogen and oxygen atoms in total. The smallest absolute Gasteiger partial charge is 0.342 e. The van der Waals surface area contributed by atoms with Crippen molar-refractivity contribution in [3.05, 3.63) is 64.6 Å². The van der Waals surface area contributed by atoms with Crippen molar-refractivity contribution in [2.24, 2.45) is 0 Å². The third-order valence-electron chi connectivity index (χ3n) is 6.67. The topological polar surface area (TPSA) is 116 Å². The number of carbonyl (C=O) groups is 1. The van der Waals surface area contributed by atoms with Crippen molar-refractivity contribution in [2.45, 2.75) is 12.3 Å². The Hall–Kier alpha value is -4.61. The molecule has 6 rings (SSSR count). The van der Waals surface area contributed by atoms with Gasteiger partial charge in [-0.05, 0) is 24.3 Å². The van der Waals surface area contributed by atoms with Gasteiger partial charge in [-0.15, -0.1) is 0 Å². The summed E-state index contributed by atoms with van der Waals surface area (Å²) in [6, 6.07) is 5.83. The number of carboxylic acid groups (broad SMARTS) is 1. The number of aromatic carboxylic acids is 1. The second kappa shape index (κ2) is 7.95. The van der Waals surface area contributed by atoms with Crippen molar-refractivity contribution in [3.63, 3.8) is 0 Å². The Balaban J connectivity index is 1.68. The van der Waals surface area contributed by atoms with Crippen LogP contribution in [0.15, 0.2) is 47.7 Å². The molecule has 5 aromatic rings. The van der Waals surface area contributed by atoms with Gasteiger partial charge in [0.1, 0.15) is 22.7 Å². The molecular formula is C25H19F3N6O3. The molecule has 0 unspecified atom stereocenters. The number of H-pyrrole nitrogens is 1.